The summed E-state index contributed by atoms with van der Waals surface area (Å²) in [6.45, 7) is 7.23. The zero-order chi connectivity index (χ0) is 14.4. The molecule has 1 aliphatic heterocycles. The quantitative estimate of drug-likeness (QED) is 0.685. The molecule has 0 aromatic heterocycles. The third-order valence-corrected chi connectivity index (χ3v) is 3.12. The number of nitrogens with zero attached hydrogens (tertiary/aromatic N) is 3. The van der Waals surface area contributed by atoms with Gasteiger partial charge in [0.1, 0.15) is 6.61 Å². The number of hydrogen-bond donors (Lipinski definition) is 0. The normalized spacial score (nSPS) is 16.8. The number of carbonyl (C=O) groups excluding carboxylic acids is 2. The molecule has 110 valence electrons. The van der Waals surface area contributed by atoms with Gasteiger partial charge in [0, 0.05) is 40.3 Å². The van der Waals surface area contributed by atoms with Crippen LogP contribution in [0.5, 0.6) is 0 Å². The Bertz CT molecular complexity index is 310. The monoisotopic (exact) mass is 271 g/mol. The van der Waals surface area contributed by atoms with Crippen LogP contribution < -0.4 is 0 Å². The molecule has 6 nitrogen and oxygen atoms in total. The Hall–Kier alpha value is -1.14. The Morgan fingerprint density at radius 2 is 1.74 bits per heavy atom. The van der Waals surface area contributed by atoms with E-state index in [4.69, 9.17) is 4.74 Å². The molecule has 0 aliphatic carbocycles. The zero-order valence-corrected chi connectivity index (χ0v) is 12.4. The smallest absolute Gasteiger partial charge is 0.248 e. The highest BCUT2D eigenvalue weighted by Crippen LogP contribution is 2.03. The minimum atomic E-state index is 0.0345. The van der Waals surface area contributed by atoms with Gasteiger partial charge in [0.15, 0.2) is 0 Å². The van der Waals surface area contributed by atoms with Crippen molar-refractivity contribution >= 4 is 11.8 Å². The highest BCUT2D eigenvalue weighted by molar-refractivity contribution is 5.78. The summed E-state index contributed by atoms with van der Waals surface area (Å²) in [7, 11) is 3.51. The van der Waals surface area contributed by atoms with Gasteiger partial charge in [-0.25, -0.2) is 0 Å². The van der Waals surface area contributed by atoms with Gasteiger partial charge in [-0.2, -0.15) is 0 Å². The minimum absolute atomic E-state index is 0.0345. The van der Waals surface area contributed by atoms with Crippen molar-refractivity contribution in [1.82, 2.24) is 14.7 Å². The standard InChI is InChI=1S/C13H25N3O3/c1-11(2)19-10-13(18)16-7-5-15(6-8-16)9-12(17)14(3)4/h11H,5-10H2,1-4H3. The van der Waals surface area contributed by atoms with Crippen molar-refractivity contribution < 1.29 is 14.3 Å². The summed E-state index contributed by atoms with van der Waals surface area (Å²) in [5.74, 6) is 0.134. The Labute approximate surface area is 115 Å². The lowest BCUT2D eigenvalue weighted by molar-refractivity contribution is -0.139. The van der Waals surface area contributed by atoms with Crippen LogP contribution in [-0.2, 0) is 14.3 Å². The SMILES string of the molecule is CC(C)OCC(=O)N1CCN(CC(=O)N(C)C)CC1. The average Bonchev–Trinajstić information content (AvgIpc) is 2.36. The van der Waals surface area contributed by atoms with E-state index in [2.05, 4.69) is 4.90 Å². The largest absolute Gasteiger partial charge is 0.369 e. The van der Waals surface area contributed by atoms with Crippen molar-refractivity contribution in [3.05, 3.63) is 0 Å². The molecule has 1 fully saturated rings. The number of hydrogen-bond acceptors (Lipinski definition) is 4. The molecule has 6 heteroatoms. The molecular formula is C13H25N3O3. The van der Waals surface area contributed by atoms with E-state index in [1.807, 2.05) is 13.8 Å². The average molecular weight is 271 g/mol. The first-order chi connectivity index (χ1) is 8.90. The van der Waals surface area contributed by atoms with E-state index in [1.54, 1.807) is 23.9 Å². The van der Waals surface area contributed by atoms with Gasteiger partial charge >= 0.3 is 0 Å². The molecule has 0 atom stereocenters. The molecule has 0 spiro atoms. The molecule has 0 aromatic rings. The van der Waals surface area contributed by atoms with Gasteiger partial charge in [-0.1, -0.05) is 0 Å². The van der Waals surface area contributed by atoms with Gasteiger partial charge in [-0.05, 0) is 13.8 Å². The lowest BCUT2D eigenvalue weighted by atomic mass is 10.3. The van der Waals surface area contributed by atoms with Crippen molar-refractivity contribution in [2.24, 2.45) is 0 Å². The molecule has 1 saturated heterocycles. The fourth-order valence-electron chi connectivity index (χ4n) is 1.82. The highest BCUT2D eigenvalue weighted by Gasteiger charge is 2.22. The van der Waals surface area contributed by atoms with Gasteiger partial charge in [0.25, 0.3) is 0 Å². The van der Waals surface area contributed by atoms with Crippen molar-refractivity contribution in [3.8, 4) is 0 Å². The van der Waals surface area contributed by atoms with Crippen LogP contribution in [0, 0.1) is 0 Å². The summed E-state index contributed by atoms with van der Waals surface area (Å²) < 4.78 is 5.31. The highest BCUT2D eigenvalue weighted by atomic mass is 16.5. The number of carbonyl (C=O) groups is 2. The summed E-state index contributed by atoms with van der Waals surface area (Å²) in [6.07, 6.45) is 0.0722. The van der Waals surface area contributed by atoms with E-state index < -0.39 is 0 Å². The summed E-state index contributed by atoms with van der Waals surface area (Å²) in [6, 6.07) is 0. The van der Waals surface area contributed by atoms with E-state index in [9.17, 15) is 9.59 Å². The number of likely N-dealkylation sites (N-methyl/N-ethyl adjacent to an activating group) is 1. The fraction of sp³-hybridized carbons (Fsp3) is 0.846. The zero-order valence-electron chi connectivity index (χ0n) is 12.4. The third kappa shape index (κ3) is 5.57. The maximum absolute atomic E-state index is 11.8. The molecule has 0 N–H and O–H groups in total. The van der Waals surface area contributed by atoms with E-state index in [0.717, 1.165) is 13.1 Å². The molecule has 2 amide bonds. The lowest BCUT2D eigenvalue weighted by Gasteiger charge is -2.34. The van der Waals surface area contributed by atoms with Gasteiger partial charge in [0.05, 0.1) is 12.6 Å². The number of piperazine rings is 1. The molecule has 0 saturated carbocycles. The Kier molecular flexibility index (Phi) is 6.24. The number of ether oxygens (including phenoxy) is 1. The van der Waals surface area contributed by atoms with Crippen LogP contribution in [0.4, 0.5) is 0 Å². The summed E-state index contributed by atoms with van der Waals surface area (Å²) >= 11 is 0. The van der Waals surface area contributed by atoms with Gasteiger partial charge in [0.2, 0.25) is 11.8 Å². The second kappa shape index (κ2) is 7.45. The van der Waals surface area contributed by atoms with Crippen molar-refractivity contribution in [1.29, 1.82) is 0 Å². The van der Waals surface area contributed by atoms with Crippen molar-refractivity contribution in [2.45, 2.75) is 20.0 Å². The van der Waals surface area contributed by atoms with Crippen LogP contribution in [0.3, 0.4) is 0 Å². The van der Waals surface area contributed by atoms with Crippen molar-refractivity contribution in [3.63, 3.8) is 0 Å². The van der Waals surface area contributed by atoms with Crippen LogP contribution in [0.2, 0.25) is 0 Å². The predicted octanol–water partition coefficient (Wildman–Crippen LogP) is -0.356. The maximum Gasteiger partial charge on any atom is 0.248 e. The number of amides is 2. The third-order valence-electron chi connectivity index (χ3n) is 3.12. The van der Waals surface area contributed by atoms with Gasteiger partial charge in [-0.15, -0.1) is 0 Å². The molecule has 0 unspecified atom stereocenters. The Morgan fingerprint density at radius 1 is 1.16 bits per heavy atom. The Morgan fingerprint density at radius 3 is 2.21 bits per heavy atom. The molecular weight excluding hydrogens is 246 g/mol. The van der Waals surface area contributed by atoms with Crippen molar-refractivity contribution in [2.75, 3.05) is 53.4 Å². The van der Waals surface area contributed by atoms with Crippen LogP contribution in [0.15, 0.2) is 0 Å². The summed E-state index contributed by atoms with van der Waals surface area (Å²) in [4.78, 5) is 28.9. The Balaban J connectivity index is 2.28. The van der Waals surface area contributed by atoms with Gasteiger partial charge in [-0.3, -0.25) is 14.5 Å². The summed E-state index contributed by atoms with van der Waals surface area (Å²) in [5.41, 5.74) is 0. The molecule has 1 aliphatic rings. The second-order valence-corrected chi connectivity index (χ2v) is 5.30. The van der Waals surface area contributed by atoms with Crippen LogP contribution in [-0.4, -0.2) is 86.0 Å². The van der Waals surface area contributed by atoms with Gasteiger partial charge < -0.3 is 14.5 Å². The lowest BCUT2D eigenvalue weighted by Crippen LogP contribution is -2.51. The topological polar surface area (TPSA) is 53.1 Å². The first kappa shape index (κ1) is 15.9. The molecule has 19 heavy (non-hydrogen) atoms. The van der Waals surface area contributed by atoms with E-state index in [1.165, 1.54) is 0 Å². The van der Waals surface area contributed by atoms with E-state index in [0.29, 0.717) is 19.6 Å². The molecule has 1 rings (SSSR count). The number of rotatable bonds is 5. The second-order valence-electron chi connectivity index (χ2n) is 5.30. The fourth-order valence-corrected chi connectivity index (χ4v) is 1.82. The molecule has 0 radical (unpaired) electrons. The summed E-state index contributed by atoms with van der Waals surface area (Å²) in [5, 5.41) is 0. The first-order valence-corrected chi connectivity index (χ1v) is 6.72. The van der Waals surface area contributed by atoms with E-state index >= 15 is 0 Å². The van der Waals surface area contributed by atoms with E-state index in [-0.39, 0.29) is 24.5 Å². The van der Waals surface area contributed by atoms with Crippen LogP contribution in [0.25, 0.3) is 0 Å². The molecule has 0 bridgehead atoms. The molecule has 0 aromatic carbocycles. The maximum atomic E-state index is 11.8. The van der Waals surface area contributed by atoms with Crippen LogP contribution in [0.1, 0.15) is 13.8 Å². The minimum Gasteiger partial charge on any atom is -0.369 e. The van der Waals surface area contributed by atoms with Crippen LogP contribution >= 0.6 is 0 Å². The predicted molar refractivity (Wildman–Crippen MR) is 72.8 cm³/mol. The first-order valence-electron chi connectivity index (χ1n) is 6.72. The molecule has 1 heterocycles.